The van der Waals surface area contributed by atoms with Gasteiger partial charge in [0.1, 0.15) is 11.9 Å². The minimum atomic E-state index is -0.594. The van der Waals surface area contributed by atoms with Crippen LogP contribution in [0.5, 0.6) is 5.75 Å². The van der Waals surface area contributed by atoms with Crippen LogP contribution in [0.2, 0.25) is 0 Å². The van der Waals surface area contributed by atoms with E-state index >= 15 is 0 Å². The van der Waals surface area contributed by atoms with Crippen LogP contribution in [-0.2, 0) is 4.74 Å². The Balaban J connectivity index is 1.97. The van der Waals surface area contributed by atoms with Crippen molar-refractivity contribution in [3.63, 3.8) is 0 Å². The molecule has 0 aliphatic rings. The number of nitrogens with one attached hydrogen (secondary N) is 3. The fraction of sp³-hybridized carbons (Fsp3) is 0.318. The van der Waals surface area contributed by atoms with E-state index in [1.807, 2.05) is 19.1 Å². The van der Waals surface area contributed by atoms with E-state index in [0.717, 1.165) is 5.56 Å². The van der Waals surface area contributed by atoms with Gasteiger partial charge in [0.25, 0.3) is 0 Å². The molecule has 0 unspecified atom stereocenters. The van der Waals surface area contributed by atoms with Crippen molar-refractivity contribution >= 4 is 29.2 Å². The standard InChI is InChI=1S/C22H27N5O4/c1-4-18(10-11-23)31-22(29)25-14(2)15-6-5-7-16(12-15)26-21(28)27-17-8-9-19(24)20(13-17)30-3/h5-9,12-14,18H,4,10,24H2,1-3H3,(H,25,29)(H2,26,27,28)/t14-,18+/m0/s1. The molecule has 0 aromatic heterocycles. The SMILES string of the molecule is CC[C@H](CC#N)OC(=O)N[C@@H](C)c1cccc(NC(=O)Nc2ccc(N)c(OC)c2)c1. The second-order valence-electron chi connectivity index (χ2n) is 6.83. The predicted octanol–water partition coefficient (Wildman–Crippen LogP) is 4.40. The Morgan fingerprint density at radius 3 is 2.52 bits per heavy atom. The van der Waals surface area contributed by atoms with Gasteiger partial charge >= 0.3 is 12.1 Å². The molecule has 0 saturated heterocycles. The number of anilines is 3. The second-order valence-corrected chi connectivity index (χ2v) is 6.83. The average molecular weight is 425 g/mol. The monoisotopic (exact) mass is 425 g/mol. The third-order valence-electron chi connectivity index (χ3n) is 4.52. The molecule has 9 nitrogen and oxygen atoms in total. The largest absolute Gasteiger partial charge is 0.495 e. The first-order valence-corrected chi connectivity index (χ1v) is 9.81. The molecule has 0 spiro atoms. The number of amides is 3. The molecule has 0 radical (unpaired) electrons. The molecule has 0 aliphatic carbocycles. The minimum Gasteiger partial charge on any atom is -0.495 e. The Morgan fingerprint density at radius 1 is 1.16 bits per heavy atom. The zero-order valence-corrected chi connectivity index (χ0v) is 17.8. The van der Waals surface area contributed by atoms with E-state index in [-0.39, 0.29) is 12.5 Å². The maximum atomic E-state index is 12.3. The molecule has 3 amide bonds. The molecule has 2 aromatic carbocycles. The number of benzene rings is 2. The maximum Gasteiger partial charge on any atom is 0.407 e. The summed E-state index contributed by atoms with van der Waals surface area (Å²) in [5.74, 6) is 0.465. The molecule has 2 atom stereocenters. The highest BCUT2D eigenvalue weighted by atomic mass is 16.6. The molecule has 0 aliphatic heterocycles. The number of ether oxygens (including phenoxy) is 2. The van der Waals surface area contributed by atoms with Crippen LogP contribution in [-0.4, -0.2) is 25.3 Å². The van der Waals surface area contributed by atoms with E-state index in [0.29, 0.717) is 29.2 Å². The summed E-state index contributed by atoms with van der Waals surface area (Å²) in [6.07, 6.45) is -0.333. The molecule has 164 valence electrons. The summed E-state index contributed by atoms with van der Waals surface area (Å²) in [7, 11) is 1.50. The second kappa shape index (κ2) is 11.3. The van der Waals surface area contributed by atoms with Gasteiger partial charge in [0.2, 0.25) is 0 Å². The van der Waals surface area contributed by atoms with Gasteiger partial charge < -0.3 is 31.2 Å². The molecule has 2 aromatic rings. The maximum absolute atomic E-state index is 12.3. The van der Waals surface area contributed by atoms with Crippen molar-refractivity contribution in [3.8, 4) is 11.8 Å². The van der Waals surface area contributed by atoms with E-state index < -0.39 is 18.2 Å². The van der Waals surface area contributed by atoms with Gasteiger partial charge in [0, 0.05) is 17.4 Å². The summed E-state index contributed by atoms with van der Waals surface area (Å²) in [4.78, 5) is 24.4. The van der Waals surface area contributed by atoms with Crippen molar-refractivity contribution in [1.82, 2.24) is 5.32 Å². The highest BCUT2D eigenvalue weighted by Crippen LogP contribution is 2.25. The van der Waals surface area contributed by atoms with Gasteiger partial charge in [-0.15, -0.1) is 0 Å². The first-order chi connectivity index (χ1) is 14.9. The third-order valence-corrected chi connectivity index (χ3v) is 4.52. The van der Waals surface area contributed by atoms with Crippen molar-refractivity contribution < 1.29 is 19.1 Å². The number of alkyl carbamates (subject to hydrolysis) is 1. The van der Waals surface area contributed by atoms with E-state index in [2.05, 4.69) is 16.0 Å². The number of rotatable bonds is 8. The van der Waals surface area contributed by atoms with Crippen LogP contribution in [0, 0.1) is 11.3 Å². The fourth-order valence-electron chi connectivity index (χ4n) is 2.78. The van der Waals surface area contributed by atoms with Crippen molar-refractivity contribution in [2.75, 3.05) is 23.5 Å². The molecule has 0 bridgehead atoms. The van der Waals surface area contributed by atoms with Crippen molar-refractivity contribution in [1.29, 1.82) is 5.26 Å². The Labute approximate surface area is 181 Å². The number of nitrogens with zero attached hydrogens (tertiary/aromatic N) is 1. The summed E-state index contributed by atoms with van der Waals surface area (Å²) in [6.45, 7) is 3.64. The predicted molar refractivity (Wildman–Crippen MR) is 119 cm³/mol. The van der Waals surface area contributed by atoms with Crippen LogP contribution in [0.4, 0.5) is 26.7 Å². The fourth-order valence-corrected chi connectivity index (χ4v) is 2.78. The number of nitrogens with two attached hydrogens (primary N) is 1. The topological polar surface area (TPSA) is 138 Å². The van der Waals surface area contributed by atoms with Gasteiger partial charge in [-0.3, -0.25) is 0 Å². The highest BCUT2D eigenvalue weighted by Gasteiger charge is 2.16. The summed E-state index contributed by atoms with van der Waals surface area (Å²) < 4.78 is 10.4. The Bertz CT molecular complexity index is 957. The molecule has 0 saturated carbocycles. The van der Waals surface area contributed by atoms with Crippen LogP contribution in [0.3, 0.4) is 0 Å². The number of nitriles is 1. The van der Waals surface area contributed by atoms with Crippen molar-refractivity contribution in [2.24, 2.45) is 0 Å². The number of methoxy groups -OCH3 is 1. The summed E-state index contributed by atoms with van der Waals surface area (Å²) >= 11 is 0. The van der Waals surface area contributed by atoms with Gasteiger partial charge in [-0.2, -0.15) is 5.26 Å². The zero-order chi connectivity index (χ0) is 22.8. The van der Waals surface area contributed by atoms with Gasteiger partial charge in [-0.05, 0) is 43.2 Å². The van der Waals surface area contributed by atoms with Crippen LogP contribution >= 0.6 is 0 Å². The number of hydrogen-bond donors (Lipinski definition) is 4. The van der Waals surface area contributed by atoms with Crippen LogP contribution in [0.1, 0.15) is 38.3 Å². The molecule has 0 heterocycles. The van der Waals surface area contributed by atoms with Gasteiger partial charge in [-0.25, -0.2) is 9.59 Å². The number of urea groups is 1. The number of carbonyl (C=O) groups excluding carboxylic acids is 2. The van der Waals surface area contributed by atoms with Crippen LogP contribution in [0.25, 0.3) is 0 Å². The highest BCUT2D eigenvalue weighted by molar-refractivity contribution is 6.00. The smallest absolute Gasteiger partial charge is 0.407 e. The number of carbonyl (C=O) groups is 2. The van der Waals surface area contributed by atoms with Gasteiger partial charge in [0.15, 0.2) is 0 Å². The van der Waals surface area contributed by atoms with E-state index in [1.54, 1.807) is 43.3 Å². The Hall–Kier alpha value is -3.93. The lowest BCUT2D eigenvalue weighted by atomic mass is 10.1. The lowest BCUT2D eigenvalue weighted by molar-refractivity contribution is 0.0950. The van der Waals surface area contributed by atoms with Crippen LogP contribution < -0.4 is 26.4 Å². The van der Waals surface area contributed by atoms with E-state index in [4.69, 9.17) is 20.5 Å². The molecule has 5 N–H and O–H groups in total. The summed E-state index contributed by atoms with van der Waals surface area (Å²) in [5, 5.41) is 17.0. The molecular weight excluding hydrogens is 398 g/mol. The Kier molecular flexibility index (Phi) is 8.52. The summed E-state index contributed by atoms with van der Waals surface area (Å²) in [5.41, 5.74) is 8.10. The molecule has 0 fully saturated rings. The number of nitrogen functional groups attached to an aromatic ring is 1. The lowest BCUT2D eigenvalue weighted by Gasteiger charge is -2.18. The van der Waals surface area contributed by atoms with Crippen molar-refractivity contribution in [2.45, 2.75) is 38.8 Å². The quantitative estimate of drug-likeness (QED) is 0.462. The zero-order valence-electron chi connectivity index (χ0n) is 17.8. The Morgan fingerprint density at radius 2 is 1.87 bits per heavy atom. The van der Waals surface area contributed by atoms with E-state index in [9.17, 15) is 9.59 Å². The van der Waals surface area contributed by atoms with Gasteiger partial charge in [-0.1, -0.05) is 19.1 Å². The normalized spacial score (nSPS) is 12.1. The summed E-state index contributed by atoms with van der Waals surface area (Å²) in [6, 6.07) is 13.2. The average Bonchev–Trinajstić information content (AvgIpc) is 2.74. The van der Waals surface area contributed by atoms with Crippen LogP contribution in [0.15, 0.2) is 42.5 Å². The van der Waals surface area contributed by atoms with Gasteiger partial charge in [0.05, 0.1) is 31.3 Å². The number of hydrogen-bond acceptors (Lipinski definition) is 6. The molecule has 2 rings (SSSR count). The van der Waals surface area contributed by atoms with Crippen molar-refractivity contribution in [3.05, 3.63) is 48.0 Å². The first-order valence-electron chi connectivity index (χ1n) is 9.81. The first kappa shape index (κ1) is 23.3. The minimum absolute atomic E-state index is 0.146. The van der Waals surface area contributed by atoms with E-state index in [1.165, 1.54) is 7.11 Å². The molecular formula is C22H27N5O4. The lowest BCUT2D eigenvalue weighted by Crippen LogP contribution is -2.31. The molecule has 9 heteroatoms. The third kappa shape index (κ3) is 7.12. The molecule has 31 heavy (non-hydrogen) atoms.